The van der Waals surface area contributed by atoms with E-state index in [2.05, 4.69) is 9.97 Å². The Morgan fingerprint density at radius 3 is 2.57 bits per heavy atom. The van der Waals surface area contributed by atoms with Gasteiger partial charge in [-0.2, -0.15) is 0 Å². The Balaban J connectivity index is 2.17. The van der Waals surface area contributed by atoms with Crippen LogP contribution in [0.5, 0.6) is 17.2 Å². The summed E-state index contributed by atoms with van der Waals surface area (Å²) >= 11 is 5.87. The minimum absolute atomic E-state index is 0.112. The van der Waals surface area contributed by atoms with E-state index >= 15 is 0 Å². The van der Waals surface area contributed by atoms with Gasteiger partial charge in [-0.3, -0.25) is 0 Å². The number of anilines is 1. The van der Waals surface area contributed by atoms with Crippen molar-refractivity contribution in [2.24, 2.45) is 0 Å². The van der Waals surface area contributed by atoms with E-state index in [4.69, 9.17) is 26.8 Å². The first-order valence-electron chi connectivity index (χ1n) is 7.05. The molecule has 0 atom stereocenters. The summed E-state index contributed by atoms with van der Waals surface area (Å²) in [5.74, 6) is 2.36. The third kappa shape index (κ3) is 2.75. The lowest BCUT2D eigenvalue weighted by atomic mass is 10.1. The number of methoxy groups -OCH3 is 1. The molecule has 0 radical (unpaired) electrons. The van der Waals surface area contributed by atoms with E-state index in [1.165, 1.54) is 0 Å². The number of rotatable bonds is 3. The number of hydrogen-bond acceptors (Lipinski definition) is 5. The quantitative estimate of drug-likeness (QED) is 0.726. The zero-order chi connectivity index (χ0) is 16.6. The van der Waals surface area contributed by atoms with Crippen LogP contribution in [0.3, 0.4) is 0 Å². The molecule has 0 spiro atoms. The zero-order valence-electron chi connectivity index (χ0n) is 13.1. The maximum Gasteiger partial charge on any atom is 0.224 e. The van der Waals surface area contributed by atoms with E-state index in [0.717, 1.165) is 22.6 Å². The Labute approximate surface area is 139 Å². The molecule has 0 saturated carbocycles. The first kappa shape index (κ1) is 15.4. The van der Waals surface area contributed by atoms with Gasteiger partial charge in [0, 0.05) is 5.56 Å². The fourth-order valence-electron chi connectivity index (χ4n) is 2.53. The first-order chi connectivity index (χ1) is 11.0. The van der Waals surface area contributed by atoms with Crippen molar-refractivity contribution < 1.29 is 9.47 Å². The summed E-state index contributed by atoms with van der Waals surface area (Å²) in [5.41, 5.74) is 8.55. The second-order valence-electron chi connectivity index (χ2n) is 5.17. The standard InChI is InChI=1S/C17H16ClN3O2/c1-9-7-8-12(22-3)10(2)15(9)23-13-6-4-5-11-14(13)16(19)21-17(18)20-11/h4-8H,1-3H3,(H2,19,20,21). The van der Waals surface area contributed by atoms with Crippen LogP contribution in [0, 0.1) is 13.8 Å². The van der Waals surface area contributed by atoms with Gasteiger partial charge in [0.05, 0.1) is 18.0 Å². The van der Waals surface area contributed by atoms with Gasteiger partial charge in [-0.15, -0.1) is 0 Å². The van der Waals surface area contributed by atoms with Crippen LogP contribution in [0.25, 0.3) is 10.9 Å². The van der Waals surface area contributed by atoms with Gasteiger partial charge in [0.15, 0.2) is 0 Å². The van der Waals surface area contributed by atoms with Crippen LogP contribution in [0.4, 0.5) is 5.82 Å². The van der Waals surface area contributed by atoms with E-state index in [0.29, 0.717) is 16.7 Å². The van der Waals surface area contributed by atoms with Crippen LogP contribution in [0.1, 0.15) is 11.1 Å². The molecule has 0 fully saturated rings. The maximum absolute atomic E-state index is 6.13. The van der Waals surface area contributed by atoms with Gasteiger partial charge in [0.2, 0.25) is 5.28 Å². The fraction of sp³-hybridized carbons (Fsp3) is 0.176. The molecule has 5 nitrogen and oxygen atoms in total. The number of nitrogens with zero attached hydrogens (tertiary/aromatic N) is 2. The number of nitrogen functional groups attached to an aromatic ring is 1. The van der Waals surface area contributed by atoms with Crippen molar-refractivity contribution in [2.75, 3.05) is 12.8 Å². The number of nitrogens with two attached hydrogens (primary N) is 1. The molecule has 118 valence electrons. The first-order valence-corrected chi connectivity index (χ1v) is 7.43. The molecule has 3 aromatic rings. The van der Waals surface area contributed by atoms with Crippen molar-refractivity contribution >= 4 is 28.3 Å². The molecule has 0 saturated heterocycles. The average Bonchev–Trinajstić information content (AvgIpc) is 2.51. The molecule has 3 rings (SSSR count). The van der Waals surface area contributed by atoms with Crippen LogP contribution in [0.2, 0.25) is 5.28 Å². The SMILES string of the molecule is COc1ccc(C)c(Oc2cccc3nc(Cl)nc(N)c23)c1C. The molecular formula is C17H16ClN3O2. The van der Waals surface area contributed by atoms with Crippen LogP contribution < -0.4 is 15.2 Å². The number of halogens is 1. The number of ether oxygens (including phenoxy) is 2. The zero-order valence-corrected chi connectivity index (χ0v) is 13.8. The van der Waals surface area contributed by atoms with Gasteiger partial charge in [0.1, 0.15) is 23.1 Å². The summed E-state index contributed by atoms with van der Waals surface area (Å²) in [6.07, 6.45) is 0. The van der Waals surface area contributed by atoms with Crippen molar-refractivity contribution in [1.29, 1.82) is 0 Å². The summed E-state index contributed by atoms with van der Waals surface area (Å²) in [7, 11) is 1.63. The monoisotopic (exact) mass is 329 g/mol. The van der Waals surface area contributed by atoms with Gasteiger partial charge in [-0.05, 0) is 49.2 Å². The lowest BCUT2D eigenvalue weighted by molar-refractivity contribution is 0.404. The van der Waals surface area contributed by atoms with Crippen molar-refractivity contribution in [3.63, 3.8) is 0 Å². The molecule has 1 heterocycles. The predicted octanol–water partition coefficient (Wildman–Crippen LogP) is 4.28. The summed E-state index contributed by atoms with van der Waals surface area (Å²) < 4.78 is 11.5. The van der Waals surface area contributed by atoms with E-state index in [9.17, 15) is 0 Å². The minimum Gasteiger partial charge on any atom is -0.496 e. The minimum atomic E-state index is 0.112. The molecule has 1 aromatic heterocycles. The summed E-state index contributed by atoms with van der Waals surface area (Å²) in [6.45, 7) is 3.92. The lowest BCUT2D eigenvalue weighted by Gasteiger charge is -2.16. The third-order valence-electron chi connectivity index (χ3n) is 3.67. The van der Waals surface area contributed by atoms with Crippen LogP contribution in [-0.4, -0.2) is 17.1 Å². The number of hydrogen-bond donors (Lipinski definition) is 1. The average molecular weight is 330 g/mol. The van der Waals surface area contributed by atoms with Gasteiger partial charge in [-0.1, -0.05) is 12.1 Å². The highest BCUT2D eigenvalue weighted by atomic mass is 35.5. The second kappa shape index (κ2) is 5.93. The molecule has 6 heteroatoms. The van der Waals surface area contributed by atoms with E-state index in [-0.39, 0.29) is 11.1 Å². The highest BCUT2D eigenvalue weighted by Gasteiger charge is 2.14. The van der Waals surface area contributed by atoms with Crippen molar-refractivity contribution in [2.45, 2.75) is 13.8 Å². The van der Waals surface area contributed by atoms with Crippen LogP contribution in [-0.2, 0) is 0 Å². The largest absolute Gasteiger partial charge is 0.496 e. The molecule has 2 aromatic carbocycles. The Morgan fingerprint density at radius 1 is 1.04 bits per heavy atom. The van der Waals surface area contributed by atoms with Crippen molar-refractivity contribution in [3.05, 3.63) is 46.7 Å². The number of fused-ring (bicyclic) bond motifs is 1. The maximum atomic E-state index is 6.13. The van der Waals surface area contributed by atoms with Crippen molar-refractivity contribution in [1.82, 2.24) is 9.97 Å². The predicted molar refractivity (Wildman–Crippen MR) is 91.5 cm³/mol. The van der Waals surface area contributed by atoms with Gasteiger partial charge >= 0.3 is 0 Å². The molecule has 23 heavy (non-hydrogen) atoms. The number of benzene rings is 2. The fourth-order valence-corrected chi connectivity index (χ4v) is 2.71. The smallest absolute Gasteiger partial charge is 0.224 e. The number of aromatic nitrogens is 2. The van der Waals surface area contributed by atoms with Crippen molar-refractivity contribution in [3.8, 4) is 17.2 Å². The third-order valence-corrected chi connectivity index (χ3v) is 3.84. The van der Waals surface area contributed by atoms with Gasteiger partial charge < -0.3 is 15.2 Å². The highest BCUT2D eigenvalue weighted by Crippen LogP contribution is 2.38. The van der Waals surface area contributed by atoms with Crippen LogP contribution >= 0.6 is 11.6 Å². The summed E-state index contributed by atoms with van der Waals surface area (Å²) in [5, 5.41) is 0.749. The number of aryl methyl sites for hydroxylation is 1. The van der Waals surface area contributed by atoms with E-state index in [1.807, 2.05) is 44.2 Å². The molecular weight excluding hydrogens is 314 g/mol. The Bertz CT molecular complexity index is 897. The molecule has 0 bridgehead atoms. The normalized spacial score (nSPS) is 10.8. The second-order valence-corrected chi connectivity index (χ2v) is 5.51. The van der Waals surface area contributed by atoms with E-state index in [1.54, 1.807) is 7.11 Å². The van der Waals surface area contributed by atoms with E-state index < -0.39 is 0 Å². The Morgan fingerprint density at radius 2 is 1.83 bits per heavy atom. The molecule has 0 amide bonds. The Kier molecular flexibility index (Phi) is 3.96. The summed E-state index contributed by atoms with van der Waals surface area (Å²) in [6, 6.07) is 9.35. The highest BCUT2D eigenvalue weighted by molar-refractivity contribution is 6.28. The molecule has 0 aliphatic heterocycles. The summed E-state index contributed by atoms with van der Waals surface area (Å²) in [4.78, 5) is 8.20. The molecule has 0 aliphatic rings. The lowest BCUT2D eigenvalue weighted by Crippen LogP contribution is -1.99. The van der Waals surface area contributed by atoms with Crippen LogP contribution in [0.15, 0.2) is 30.3 Å². The molecule has 2 N–H and O–H groups in total. The molecule has 0 aliphatic carbocycles. The molecule has 0 unspecified atom stereocenters. The van der Waals surface area contributed by atoms with Gasteiger partial charge in [-0.25, -0.2) is 9.97 Å². The Hall–Kier alpha value is -2.53. The van der Waals surface area contributed by atoms with Gasteiger partial charge in [0.25, 0.3) is 0 Å². The topological polar surface area (TPSA) is 70.3 Å².